The van der Waals surface area contributed by atoms with Gasteiger partial charge in [-0.25, -0.2) is 0 Å². The van der Waals surface area contributed by atoms with Crippen LogP contribution in [0.25, 0.3) is 0 Å². The first-order chi connectivity index (χ1) is 8.54. The SMILES string of the molecule is COc1cc(C)cc(C)c1C(=O)C1(CO)COC1. The van der Waals surface area contributed by atoms with Gasteiger partial charge in [0.1, 0.15) is 11.2 Å². The Bertz CT molecular complexity index is 469. The molecule has 1 aromatic carbocycles. The molecule has 1 heterocycles. The highest BCUT2D eigenvalue weighted by atomic mass is 16.5. The standard InChI is InChI=1S/C14H18O4/c1-9-4-10(2)12(11(5-9)17-3)13(16)14(6-15)7-18-8-14/h4-5,15H,6-8H2,1-3H3. The van der Waals surface area contributed by atoms with Gasteiger partial charge in [-0.2, -0.15) is 0 Å². The zero-order valence-corrected chi connectivity index (χ0v) is 10.9. The third kappa shape index (κ3) is 1.91. The van der Waals surface area contributed by atoms with E-state index in [1.54, 1.807) is 7.11 Å². The van der Waals surface area contributed by atoms with Gasteiger partial charge in [-0.05, 0) is 31.0 Å². The molecule has 0 bridgehead atoms. The molecule has 1 saturated heterocycles. The molecule has 0 saturated carbocycles. The minimum absolute atomic E-state index is 0.0920. The Balaban J connectivity index is 2.47. The van der Waals surface area contributed by atoms with Gasteiger partial charge in [0, 0.05) is 0 Å². The summed E-state index contributed by atoms with van der Waals surface area (Å²) in [4.78, 5) is 12.6. The Morgan fingerprint density at radius 2 is 2.11 bits per heavy atom. The molecule has 18 heavy (non-hydrogen) atoms. The van der Waals surface area contributed by atoms with Crippen molar-refractivity contribution in [2.45, 2.75) is 13.8 Å². The van der Waals surface area contributed by atoms with Crippen LogP contribution in [0.1, 0.15) is 21.5 Å². The molecule has 1 aliphatic heterocycles. The van der Waals surface area contributed by atoms with Crippen LogP contribution >= 0.6 is 0 Å². The lowest BCUT2D eigenvalue weighted by molar-refractivity contribution is -0.109. The van der Waals surface area contributed by atoms with Crippen molar-refractivity contribution in [3.05, 3.63) is 28.8 Å². The monoisotopic (exact) mass is 250 g/mol. The van der Waals surface area contributed by atoms with Crippen LogP contribution in [0.4, 0.5) is 0 Å². The number of carbonyl (C=O) groups is 1. The molecule has 1 N–H and O–H groups in total. The summed E-state index contributed by atoms with van der Waals surface area (Å²) in [5.74, 6) is 0.475. The Labute approximate surface area is 107 Å². The lowest BCUT2D eigenvalue weighted by Crippen LogP contribution is -2.52. The molecule has 0 aliphatic carbocycles. The molecular formula is C14H18O4. The predicted octanol–water partition coefficient (Wildman–Crippen LogP) is 1.50. The van der Waals surface area contributed by atoms with Crippen LogP contribution in [0.5, 0.6) is 5.75 Å². The Morgan fingerprint density at radius 1 is 1.44 bits per heavy atom. The van der Waals surface area contributed by atoms with Gasteiger partial charge in [-0.1, -0.05) is 6.07 Å². The maximum atomic E-state index is 12.6. The van der Waals surface area contributed by atoms with Gasteiger partial charge in [0.2, 0.25) is 0 Å². The quantitative estimate of drug-likeness (QED) is 0.823. The average molecular weight is 250 g/mol. The van der Waals surface area contributed by atoms with Crippen molar-refractivity contribution >= 4 is 5.78 Å². The van der Waals surface area contributed by atoms with E-state index in [-0.39, 0.29) is 25.6 Å². The molecule has 1 aromatic rings. The number of aryl methyl sites for hydroxylation is 2. The van der Waals surface area contributed by atoms with Gasteiger partial charge in [0.15, 0.2) is 5.78 Å². The number of rotatable bonds is 4. The zero-order chi connectivity index (χ0) is 13.3. The summed E-state index contributed by atoms with van der Waals surface area (Å²) < 4.78 is 10.4. The average Bonchev–Trinajstić information content (AvgIpc) is 2.26. The third-order valence-corrected chi connectivity index (χ3v) is 3.43. The summed E-state index contributed by atoms with van der Waals surface area (Å²) >= 11 is 0. The predicted molar refractivity (Wildman–Crippen MR) is 67.1 cm³/mol. The minimum atomic E-state index is -0.784. The van der Waals surface area contributed by atoms with Crippen molar-refractivity contribution in [1.29, 1.82) is 0 Å². The molecule has 0 unspecified atom stereocenters. The van der Waals surface area contributed by atoms with Gasteiger partial charge in [-0.15, -0.1) is 0 Å². The number of ether oxygens (including phenoxy) is 2. The number of methoxy groups -OCH3 is 1. The second kappa shape index (κ2) is 4.71. The first kappa shape index (κ1) is 13.1. The number of Topliss-reactive ketones (excluding diaryl/α,β-unsaturated/α-hetero) is 1. The van der Waals surface area contributed by atoms with Crippen molar-refractivity contribution in [3.8, 4) is 5.75 Å². The van der Waals surface area contributed by atoms with E-state index < -0.39 is 5.41 Å². The van der Waals surface area contributed by atoms with Gasteiger partial charge in [0.05, 0.1) is 32.5 Å². The zero-order valence-electron chi connectivity index (χ0n) is 10.9. The van der Waals surface area contributed by atoms with E-state index in [2.05, 4.69) is 0 Å². The van der Waals surface area contributed by atoms with Crippen LogP contribution < -0.4 is 4.74 Å². The maximum absolute atomic E-state index is 12.6. The van der Waals surface area contributed by atoms with Gasteiger partial charge >= 0.3 is 0 Å². The summed E-state index contributed by atoms with van der Waals surface area (Å²) in [7, 11) is 1.55. The van der Waals surface area contributed by atoms with Crippen molar-refractivity contribution in [1.82, 2.24) is 0 Å². The summed E-state index contributed by atoms with van der Waals surface area (Å²) in [6.07, 6.45) is 0. The highest BCUT2D eigenvalue weighted by molar-refractivity contribution is 6.04. The Kier molecular flexibility index (Phi) is 3.41. The topological polar surface area (TPSA) is 55.8 Å². The molecule has 0 spiro atoms. The molecule has 0 aromatic heterocycles. The Hall–Kier alpha value is -1.39. The molecule has 0 radical (unpaired) electrons. The molecular weight excluding hydrogens is 232 g/mol. The molecule has 1 fully saturated rings. The van der Waals surface area contributed by atoms with E-state index in [1.165, 1.54) is 0 Å². The van der Waals surface area contributed by atoms with E-state index in [4.69, 9.17) is 9.47 Å². The first-order valence-corrected chi connectivity index (χ1v) is 5.93. The van der Waals surface area contributed by atoms with E-state index in [0.29, 0.717) is 11.3 Å². The van der Waals surface area contributed by atoms with Gasteiger partial charge < -0.3 is 14.6 Å². The van der Waals surface area contributed by atoms with E-state index >= 15 is 0 Å². The highest BCUT2D eigenvalue weighted by Crippen LogP contribution is 2.36. The second-order valence-electron chi connectivity index (χ2n) is 4.92. The third-order valence-electron chi connectivity index (χ3n) is 3.43. The summed E-state index contributed by atoms with van der Waals surface area (Å²) in [6, 6.07) is 3.78. The summed E-state index contributed by atoms with van der Waals surface area (Å²) in [6.45, 7) is 4.20. The maximum Gasteiger partial charge on any atom is 0.179 e. The molecule has 2 rings (SSSR count). The fraction of sp³-hybridized carbons (Fsp3) is 0.500. The molecule has 4 heteroatoms. The van der Waals surface area contributed by atoms with Gasteiger partial charge in [0.25, 0.3) is 0 Å². The number of hydrogen-bond acceptors (Lipinski definition) is 4. The van der Waals surface area contributed by atoms with Crippen molar-refractivity contribution in [2.24, 2.45) is 5.41 Å². The van der Waals surface area contributed by atoms with Crippen LogP contribution in [-0.2, 0) is 4.74 Å². The summed E-state index contributed by atoms with van der Waals surface area (Å²) in [5.41, 5.74) is 1.69. The fourth-order valence-corrected chi connectivity index (χ4v) is 2.29. The number of aliphatic hydroxyl groups excluding tert-OH is 1. The van der Waals surface area contributed by atoms with Crippen LogP contribution in [0.15, 0.2) is 12.1 Å². The van der Waals surface area contributed by atoms with Crippen LogP contribution in [0, 0.1) is 19.3 Å². The minimum Gasteiger partial charge on any atom is -0.496 e. The lowest BCUT2D eigenvalue weighted by Gasteiger charge is -2.38. The van der Waals surface area contributed by atoms with Crippen LogP contribution in [-0.4, -0.2) is 37.8 Å². The van der Waals surface area contributed by atoms with Crippen molar-refractivity contribution < 1.29 is 19.4 Å². The largest absolute Gasteiger partial charge is 0.496 e. The second-order valence-corrected chi connectivity index (χ2v) is 4.92. The summed E-state index contributed by atoms with van der Waals surface area (Å²) in [5, 5.41) is 9.44. The van der Waals surface area contributed by atoms with E-state index in [9.17, 15) is 9.90 Å². The van der Waals surface area contributed by atoms with E-state index in [1.807, 2.05) is 26.0 Å². The van der Waals surface area contributed by atoms with Crippen LogP contribution in [0.2, 0.25) is 0 Å². The van der Waals surface area contributed by atoms with Gasteiger partial charge in [-0.3, -0.25) is 4.79 Å². The lowest BCUT2D eigenvalue weighted by atomic mass is 9.78. The normalized spacial score (nSPS) is 17.1. The first-order valence-electron chi connectivity index (χ1n) is 5.93. The Morgan fingerprint density at radius 3 is 2.56 bits per heavy atom. The van der Waals surface area contributed by atoms with Crippen molar-refractivity contribution in [2.75, 3.05) is 26.9 Å². The molecule has 98 valence electrons. The smallest absolute Gasteiger partial charge is 0.179 e. The number of ketones is 1. The molecule has 0 atom stereocenters. The fourth-order valence-electron chi connectivity index (χ4n) is 2.29. The molecule has 4 nitrogen and oxygen atoms in total. The van der Waals surface area contributed by atoms with Crippen molar-refractivity contribution in [3.63, 3.8) is 0 Å². The molecule has 0 amide bonds. The van der Waals surface area contributed by atoms with Crippen LogP contribution in [0.3, 0.4) is 0 Å². The molecule has 1 aliphatic rings. The highest BCUT2D eigenvalue weighted by Gasteiger charge is 2.46. The number of benzene rings is 1. The number of hydrogen-bond donors (Lipinski definition) is 1. The number of aliphatic hydroxyl groups is 1. The van der Waals surface area contributed by atoms with E-state index in [0.717, 1.165) is 11.1 Å². The number of carbonyl (C=O) groups excluding carboxylic acids is 1.